The number of carbonyl (C=O) groups is 1. The Morgan fingerprint density at radius 1 is 1.07 bits per heavy atom. The molecule has 1 saturated heterocycles. The largest absolute Gasteiger partial charge is 0.381 e. The second-order valence-electron chi connectivity index (χ2n) is 8.60. The van der Waals surface area contributed by atoms with Gasteiger partial charge in [-0.05, 0) is 49.7 Å². The lowest BCUT2D eigenvalue weighted by Gasteiger charge is -2.29. The first kappa shape index (κ1) is 22.0. The molecule has 2 aliphatic heterocycles. The van der Waals surface area contributed by atoms with Crippen molar-refractivity contribution in [1.82, 2.24) is 10.2 Å². The lowest BCUT2D eigenvalue weighted by atomic mass is 9.98. The van der Waals surface area contributed by atoms with E-state index in [0.717, 1.165) is 64.8 Å². The molecule has 1 N–H and O–H groups in total. The highest BCUT2D eigenvalue weighted by atomic mass is 16.5. The van der Waals surface area contributed by atoms with Gasteiger partial charge >= 0.3 is 0 Å². The minimum absolute atomic E-state index is 0.207. The summed E-state index contributed by atoms with van der Waals surface area (Å²) in [4.78, 5) is 15.0. The maximum Gasteiger partial charge on any atom is 0.226 e. The van der Waals surface area contributed by atoms with Crippen molar-refractivity contribution in [3.05, 3.63) is 42.0 Å². The van der Waals surface area contributed by atoms with Crippen molar-refractivity contribution in [3.8, 4) is 0 Å². The van der Waals surface area contributed by atoms with Crippen molar-refractivity contribution in [1.29, 1.82) is 0 Å². The quantitative estimate of drug-likeness (QED) is 0.802. The van der Waals surface area contributed by atoms with Crippen LogP contribution in [-0.4, -0.2) is 49.2 Å². The van der Waals surface area contributed by atoms with Crippen molar-refractivity contribution in [2.24, 2.45) is 5.92 Å². The molecule has 0 radical (unpaired) electrons. The monoisotopic (exact) mass is 398 g/mol. The highest BCUT2D eigenvalue weighted by molar-refractivity contribution is 5.81. The molecular formula is C25H38N2O2. The normalized spacial score (nSPS) is 25.2. The SMILES string of the molecule is CCC.O=C(C1CCC(NC2CCOCC2)C1)N1CC=C(c2ccccc2)CC1. The highest BCUT2D eigenvalue weighted by Gasteiger charge is 2.34. The van der Waals surface area contributed by atoms with Crippen LogP contribution in [0.4, 0.5) is 0 Å². The van der Waals surface area contributed by atoms with Crippen molar-refractivity contribution in [2.75, 3.05) is 26.3 Å². The predicted octanol–water partition coefficient (Wildman–Crippen LogP) is 4.66. The molecule has 1 aromatic carbocycles. The molecule has 0 spiro atoms. The molecule has 4 nitrogen and oxygen atoms in total. The van der Waals surface area contributed by atoms with Gasteiger partial charge in [-0.25, -0.2) is 0 Å². The Balaban J connectivity index is 0.000000755. The summed E-state index contributed by atoms with van der Waals surface area (Å²) in [7, 11) is 0. The highest BCUT2D eigenvalue weighted by Crippen LogP contribution is 2.30. The van der Waals surface area contributed by atoms with Gasteiger partial charge in [0.15, 0.2) is 0 Å². The van der Waals surface area contributed by atoms with Crippen LogP contribution in [0.2, 0.25) is 0 Å². The van der Waals surface area contributed by atoms with E-state index in [4.69, 9.17) is 4.74 Å². The fourth-order valence-electron chi connectivity index (χ4n) is 4.60. The van der Waals surface area contributed by atoms with Crippen LogP contribution in [0.1, 0.15) is 64.4 Å². The van der Waals surface area contributed by atoms with Gasteiger partial charge in [-0.3, -0.25) is 4.79 Å². The van der Waals surface area contributed by atoms with Crippen molar-refractivity contribution in [2.45, 2.75) is 70.9 Å². The van der Waals surface area contributed by atoms with Crippen molar-refractivity contribution in [3.63, 3.8) is 0 Å². The molecule has 2 fully saturated rings. The predicted molar refractivity (Wildman–Crippen MR) is 120 cm³/mol. The van der Waals surface area contributed by atoms with Crippen molar-refractivity contribution >= 4 is 11.5 Å². The average molecular weight is 399 g/mol. The zero-order chi connectivity index (χ0) is 20.5. The zero-order valence-electron chi connectivity index (χ0n) is 18.2. The summed E-state index contributed by atoms with van der Waals surface area (Å²) in [5.74, 6) is 0.573. The van der Waals surface area contributed by atoms with Gasteiger partial charge in [0, 0.05) is 44.3 Å². The number of hydrogen-bond acceptors (Lipinski definition) is 3. The first-order valence-corrected chi connectivity index (χ1v) is 11.6. The van der Waals surface area contributed by atoms with E-state index in [1.807, 2.05) is 6.07 Å². The molecule has 4 rings (SSSR count). The van der Waals surface area contributed by atoms with Gasteiger partial charge in [0.05, 0.1) is 0 Å². The third-order valence-electron chi connectivity index (χ3n) is 6.14. The van der Waals surface area contributed by atoms with E-state index in [1.54, 1.807) is 0 Å². The summed E-state index contributed by atoms with van der Waals surface area (Å²) in [5.41, 5.74) is 2.67. The van der Waals surface area contributed by atoms with Crippen LogP contribution in [0.15, 0.2) is 36.4 Å². The molecule has 2 atom stereocenters. The summed E-state index contributed by atoms with van der Waals surface area (Å²) in [6.07, 6.45) is 9.83. The van der Waals surface area contributed by atoms with Gasteiger partial charge in [0.1, 0.15) is 0 Å². The number of hydrogen-bond donors (Lipinski definition) is 1. The van der Waals surface area contributed by atoms with Crippen LogP contribution in [0.5, 0.6) is 0 Å². The molecule has 3 aliphatic rings. The Morgan fingerprint density at radius 3 is 2.45 bits per heavy atom. The Hall–Kier alpha value is -1.65. The molecule has 0 bridgehead atoms. The zero-order valence-corrected chi connectivity index (χ0v) is 18.2. The van der Waals surface area contributed by atoms with E-state index in [1.165, 1.54) is 17.6 Å². The number of rotatable bonds is 4. The van der Waals surface area contributed by atoms with E-state index in [9.17, 15) is 4.79 Å². The smallest absolute Gasteiger partial charge is 0.226 e. The van der Waals surface area contributed by atoms with Gasteiger partial charge in [-0.1, -0.05) is 56.7 Å². The van der Waals surface area contributed by atoms with E-state index in [-0.39, 0.29) is 5.92 Å². The number of nitrogens with one attached hydrogen (secondary N) is 1. The molecule has 2 unspecified atom stereocenters. The molecule has 1 saturated carbocycles. The maximum absolute atomic E-state index is 12.9. The van der Waals surface area contributed by atoms with Crippen molar-refractivity contribution < 1.29 is 9.53 Å². The molecule has 4 heteroatoms. The molecule has 0 aromatic heterocycles. The minimum Gasteiger partial charge on any atom is -0.381 e. The minimum atomic E-state index is 0.207. The summed E-state index contributed by atoms with van der Waals surface area (Å²) < 4.78 is 5.44. The fourth-order valence-corrected chi connectivity index (χ4v) is 4.60. The number of nitrogens with zero attached hydrogens (tertiary/aromatic N) is 1. The lowest BCUT2D eigenvalue weighted by Crippen LogP contribution is -2.42. The van der Waals surface area contributed by atoms with Gasteiger partial charge in [-0.15, -0.1) is 0 Å². The molecule has 1 aromatic rings. The second-order valence-corrected chi connectivity index (χ2v) is 8.60. The van der Waals surface area contributed by atoms with Gasteiger partial charge in [0.2, 0.25) is 5.91 Å². The molecule has 2 heterocycles. The summed E-state index contributed by atoms with van der Waals surface area (Å²) in [6, 6.07) is 11.6. The first-order chi connectivity index (χ1) is 14.2. The van der Waals surface area contributed by atoms with Crippen LogP contribution < -0.4 is 5.32 Å². The maximum atomic E-state index is 12.9. The Kier molecular flexibility index (Phi) is 8.75. The molecular weight excluding hydrogens is 360 g/mol. The standard InChI is InChI=1S/C22H30N2O2.C3H8/c25-22(19-6-7-21(16-19)23-20-10-14-26-15-11-20)24-12-8-18(9-13-24)17-4-2-1-3-5-17;1-3-2/h1-5,8,19-21,23H,6-7,9-16H2;3H2,1-2H3. The van der Waals surface area contributed by atoms with Crippen LogP contribution in [-0.2, 0) is 9.53 Å². The Bertz CT molecular complexity index is 652. The topological polar surface area (TPSA) is 41.6 Å². The Morgan fingerprint density at radius 2 is 1.79 bits per heavy atom. The van der Waals surface area contributed by atoms with Gasteiger partial charge in [-0.2, -0.15) is 0 Å². The number of ether oxygens (including phenoxy) is 1. The average Bonchev–Trinajstić information content (AvgIpc) is 3.24. The molecule has 1 aliphatic carbocycles. The first-order valence-electron chi connectivity index (χ1n) is 11.6. The summed E-state index contributed by atoms with van der Waals surface area (Å²) >= 11 is 0. The molecule has 160 valence electrons. The molecule has 1 amide bonds. The van der Waals surface area contributed by atoms with Crippen LogP contribution in [0.25, 0.3) is 5.57 Å². The van der Waals surface area contributed by atoms with E-state index < -0.39 is 0 Å². The van der Waals surface area contributed by atoms with Gasteiger partial charge < -0.3 is 15.0 Å². The third-order valence-corrected chi connectivity index (χ3v) is 6.14. The fraction of sp³-hybridized carbons (Fsp3) is 0.640. The van der Waals surface area contributed by atoms with E-state index in [0.29, 0.717) is 18.0 Å². The number of benzene rings is 1. The van der Waals surface area contributed by atoms with Crippen LogP contribution in [0.3, 0.4) is 0 Å². The lowest BCUT2D eigenvalue weighted by molar-refractivity contribution is -0.134. The van der Waals surface area contributed by atoms with E-state index in [2.05, 4.69) is 54.4 Å². The van der Waals surface area contributed by atoms with Crippen LogP contribution in [0, 0.1) is 5.92 Å². The molecule has 29 heavy (non-hydrogen) atoms. The number of carbonyl (C=O) groups excluding carboxylic acids is 1. The third kappa shape index (κ3) is 6.42. The summed E-state index contributed by atoms with van der Waals surface area (Å²) in [5, 5.41) is 3.77. The Labute approximate surface area is 176 Å². The summed E-state index contributed by atoms with van der Waals surface area (Å²) in [6.45, 7) is 7.61. The number of amides is 1. The van der Waals surface area contributed by atoms with E-state index >= 15 is 0 Å². The second kappa shape index (κ2) is 11.5. The van der Waals surface area contributed by atoms with Gasteiger partial charge in [0.25, 0.3) is 0 Å². The van der Waals surface area contributed by atoms with Crippen LogP contribution >= 0.6 is 0 Å².